The second-order valence-electron chi connectivity index (χ2n) is 4.35. The highest BCUT2D eigenvalue weighted by molar-refractivity contribution is 5.73. The zero-order valence-corrected chi connectivity index (χ0v) is 11.3. The highest BCUT2D eigenvalue weighted by Gasteiger charge is 2.12. The first-order valence-corrected chi connectivity index (χ1v) is 6.46. The van der Waals surface area contributed by atoms with Crippen LogP contribution in [0.4, 0.5) is 10.5 Å². The molecule has 0 aliphatic carbocycles. The van der Waals surface area contributed by atoms with Crippen molar-refractivity contribution in [2.45, 2.75) is 32.4 Å². The van der Waals surface area contributed by atoms with E-state index in [9.17, 15) is 20.0 Å². The van der Waals surface area contributed by atoms with Gasteiger partial charge in [-0.25, -0.2) is 4.79 Å². The van der Waals surface area contributed by atoms with Crippen LogP contribution in [0.1, 0.15) is 25.3 Å². The molecule has 1 atom stereocenters. The minimum Gasteiger partial charge on any atom is -0.393 e. The lowest BCUT2D eigenvalue weighted by Crippen LogP contribution is -2.36. The van der Waals surface area contributed by atoms with E-state index < -0.39 is 17.1 Å². The average Bonchev–Trinajstić information content (AvgIpc) is 2.45. The van der Waals surface area contributed by atoms with Gasteiger partial charge in [-0.05, 0) is 12.8 Å². The fourth-order valence-electron chi connectivity index (χ4n) is 1.63. The molecule has 0 saturated carbocycles. The lowest BCUT2D eigenvalue weighted by atomic mass is 10.2. The molecule has 2 amide bonds. The molecule has 1 aromatic carbocycles. The zero-order chi connectivity index (χ0) is 15.0. The molecule has 0 saturated heterocycles. The number of nitrogens with one attached hydrogen (secondary N) is 2. The maximum Gasteiger partial charge on any atom is 0.315 e. The average molecular weight is 281 g/mol. The summed E-state index contributed by atoms with van der Waals surface area (Å²) >= 11 is 0. The number of aliphatic hydroxyl groups is 1. The summed E-state index contributed by atoms with van der Waals surface area (Å²) in [5.74, 6) is 0. The first-order valence-electron chi connectivity index (χ1n) is 6.46. The summed E-state index contributed by atoms with van der Waals surface area (Å²) in [6, 6.07) is 5.84. The summed E-state index contributed by atoms with van der Waals surface area (Å²) in [5, 5.41) is 25.3. The van der Waals surface area contributed by atoms with Crippen LogP contribution in [-0.4, -0.2) is 28.7 Å². The molecule has 0 aromatic heterocycles. The van der Waals surface area contributed by atoms with Crippen molar-refractivity contribution in [3.63, 3.8) is 0 Å². The van der Waals surface area contributed by atoms with Gasteiger partial charge in [0.1, 0.15) is 0 Å². The van der Waals surface area contributed by atoms with Gasteiger partial charge in [-0.15, -0.1) is 0 Å². The molecule has 7 nitrogen and oxygen atoms in total. The van der Waals surface area contributed by atoms with Gasteiger partial charge >= 0.3 is 6.03 Å². The van der Waals surface area contributed by atoms with E-state index in [4.69, 9.17) is 0 Å². The molecule has 0 radical (unpaired) electrons. The minimum absolute atomic E-state index is 0.0193. The van der Waals surface area contributed by atoms with Gasteiger partial charge in [0.05, 0.1) is 17.6 Å². The number of amides is 2. The quantitative estimate of drug-likeness (QED) is 0.521. The Morgan fingerprint density at radius 1 is 1.40 bits per heavy atom. The summed E-state index contributed by atoms with van der Waals surface area (Å²) < 4.78 is 0. The normalized spacial score (nSPS) is 11.7. The number of benzene rings is 1. The van der Waals surface area contributed by atoms with E-state index in [1.165, 1.54) is 6.07 Å². The smallest absolute Gasteiger partial charge is 0.315 e. The molecule has 110 valence electrons. The molecule has 0 heterocycles. The Kier molecular flexibility index (Phi) is 6.45. The number of nitrogens with zero attached hydrogens (tertiary/aromatic N) is 1. The predicted molar refractivity (Wildman–Crippen MR) is 74.2 cm³/mol. The van der Waals surface area contributed by atoms with E-state index in [0.717, 1.165) is 0 Å². The van der Waals surface area contributed by atoms with Crippen LogP contribution in [0.3, 0.4) is 0 Å². The van der Waals surface area contributed by atoms with Gasteiger partial charge in [0.2, 0.25) is 0 Å². The number of hydrogen-bond acceptors (Lipinski definition) is 4. The molecule has 0 aliphatic rings. The monoisotopic (exact) mass is 281 g/mol. The lowest BCUT2D eigenvalue weighted by Gasteiger charge is -2.10. The van der Waals surface area contributed by atoms with Crippen LogP contribution in [0.25, 0.3) is 0 Å². The molecule has 0 spiro atoms. The topological polar surface area (TPSA) is 104 Å². The first kappa shape index (κ1) is 15.9. The van der Waals surface area contributed by atoms with Crippen molar-refractivity contribution in [3.8, 4) is 0 Å². The van der Waals surface area contributed by atoms with E-state index in [-0.39, 0.29) is 12.2 Å². The number of carbonyl (C=O) groups excluding carboxylic acids is 1. The van der Waals surface area contributed by atoms with Crippen LogP contribution in [0.5, 0.6) is 0 Å². The number of carbonyl (C=O) groups is 1. The number of aliphatic hydroxyl groups excluding tert-OH is 1. The van der Waals surface area contributed by atoms with Gasteiger partial charge in [0.15, 0.2) is 0 Å². The van der Waals surface area contributed by atoms with E-state index in [0.29, 0.717) is 24.9 Å². The van der Waals surface area contributed by atoms with Crippen LogP contribution < -0.4 is 10.6 Å². The van der Waals surface area contributed by atoms with E-state index in [2.05, 4.69) is 10.6 Å². The van der Waals surface area contributed by atoms with Crippen LogP contribution in [-0.2, 0) is 6.54 Å². The molecule has 20 heavy (non-hydrogen) atoms. The molecule has 0 bridgehead atoms. The Balaban J connectivity index is 2.40. The van der Waals surface area contributed by atoms with Gasteiger partial charge in [0.25, 0.3) is 5.69 Å². The summed E-state index contributed by atoms with van der Waals surface area (Å²) in [6.07, 6.45) is 0.695. The van der Waals surface area contributed by atoms with Crippen molar-refractivity contribution in [2.24, 2.45) is 0 Å². The number of para-hydroxylation sites is 1. The Labute approximate surface area is 117 Å². The van der Waals surface area contributed by atoms with Gasteiger partial charge in [-0.1, -0.05) is 25.1 Å². The third-order valence-corrected chi connectivity index (χ3v) is 2.86. The number of rotatable bonds is 7. The van der Waals surface area contributed by atoms with E-state index in [1.54, 1.807) is 18.2 Å². The number of urea groups is 1. The van der Waals surface area contributed by atoms with Gasteiger partial charge < -0.3 is 15.7 Å². The highest BCUT2D eigenvalue weighted by Crippen LogP contribution is 2.16. The molecular weight excluding hydrogens is 262 g/mol. The lowest BCUT2D eigenvalue weighted by molar-refractivity contribution is -0.385. The Morgan fingerprint density at radius 3 is 2.75 bits per heavy atom. The van der Waals surface area contributed by atoms with Crippen molar-refractivity contribution in [2.75, 3.05) is 6.54 Å². The molecule has 1 aromatic rings. The molecule has 0 aliphatic heterocycles. The molecule has 3 N–H and O–H groups in total. The van der Waals surface area contributed by atoms with Gasteiger partial charge in [-0.3, -0.25) is 10.1 Å². The van der Waals surface area contributed by atoms with Crippen LogP contribution in [0.2, 0.25) is 0 Å². The first-order chi connectivity index (χ1) is 9.54. The second-order valence-corrected chi connectivity index (χ2v) is 4.35. The molecule has 7 heteroatoms. The van der Waals surface area contributed by atoms with Crippen LogP contribution in [0.15, 0.2) is 24.3 Å². The summed E-state index contributed by atoms with van der Waals surface area (Å²) in [5.41, 5.74) is 0.426. The number of nitro groups is 1. The largest absolute Gasteiger partial charge is 0.393 e. The third kappa shape index (κ3) is 5.23. The van der Waals surface area contributed by atoms with Gasteiger partial charge in [-0.2, -0.15) is 0 Å². The van der Waals surface area contributed by atoms with Crippen molar-refractivity contribution in [3.05, 3.63) is 39.9 Å². The van der Waals surface area contributed by atoms with E-state index in [1.807, 2.05) is 6.92 Å². The van der Waals surface area contributed by atoms with Crippen molar-refractivity contribution >= 4 is 11.7 Å². The number of hydrogen-bond donors (Lipinski definition) is 3. The molecule has 1 unspecified atom stereocenters. The summed E-state index contributed by atoms with van der Waals surface area (Å²) in [4.78, 5) is 21.8. The van der Waals surface area contributed by atoms with Gasteiger partial charge in [0, 0.05) is 18.2 Å². The summed E-state index contributed by atoms with van der Waals surface area (Å²) in [6.45, 7) is 2.30. The van der Waals surface area contributed by atoms with Crippen LogP contribution in [0, 0.1) is 10.1 Å². The van der Waals surface area contributed by atoms with E-state index >= 15 is 0 Å². The maximum absolute atomic E-state index is 11.5. The highest BCUT2D eigenvalue weighted by atomic mass is 16.6. The number of nitro benzene ring substituents is 1. The standard InChI is InChI=1S/C13H19N3O4/c1-2-11(17)7-8-14-13(18)15-9-10-5-3-4-6-12(10)16(19)20/h3-6,11,17H,2,7-9H2,1H3,(H2,14,15,18). The van der Waals surface area contributed by atoms with Crippen LogP contribution >= 0.6 is 0 Å². The molecule has 0 fully saturated rings. The fourth-order valence-corrected chi connectivity index (χ4v) is 1.63. The molecule has 1 rings (SSSR count). The summed E-state index contributed by atoms with van der Waals surface area (Å²) in [7, 11) is 0. The Morgan fingerprint density at radius 2 is 2.10 bits per heavy atom. The molecular formula is C13H19N3O4. The minimum atomic E-state index is -0.480. The third-order valence-electron chi connectivity index (χ3n) is 2.86. The van der Waals surface area contributed by atoms with Crippen molar-refractivity contribution in [1.29, 1.82) is 0 Å². The SMILES string of the molecule is CCC(O)CCNC(=O)NCc1ccccc1[N+](=O)[O-]. The Hall–Kier alpha value is -2.15. The zero-order valence-electron chi connectivity index (χ0n) is 11.3. The predicted octanol–water partition coefficient (Wildman–Crippen LogP) is 1.55. The van der Waals surface area contributed by atoms with Crippen molar-refractivity contribution < 1.29 is 14.8 Å². The Bertz CT molecular complexity index is 465. The maximum atomic E-state index is 11.5. The second kappa shape index (κ2) is 8.11. The fraction of sp³-hybridized carbons (Fsp3) is 0.462. The van der Waals surface area contributed by atoms with Crippen molar-refractivity contribution in [1.82, 2.24) is 10.6 Å².